The monoisotopic (exact) mass is 216 g/mol. The maximum atomic E-state index is 11.9. The van der Waals surface area contributed by atoms with Gasteiger partial charge in [-0.3, -0.25) is 9.59 Å². The molecular formula is C12H12N2O2. The molecule has 82 valence electrons. The molecule has 16 heavy (non-hydrogen) atoms. The van der Waals surface area contributed by atoms with Crippen LogP contribution in [0.3, 0.4) is 0 Å². The van der Waals surface area contributed by atoms with Crippen molar-refractivity contribution in [2.24, 2.45) is 0 Å². The summed E-state index contributed by atoms with van der Waals surface area (Å²) < 4.78 is 0. The van der Waals surface area contributed by atoms with Crippen molar-refractivity contribution in [1.29, 1.82) is 0 Å². The number of hydrogen-bond acceptors (Lipinski definition) is 2. The van der Waals surface area contributed by atoms with E-state index in [2.05, 4.69) is 4.98 Å². The molecular weight excluding hydrogens is 204 g/mol. The maximum absolute atomic E-state index is 11.9. The van der Waals surface area contributed by atoms with E-state index in [1.807, 2.05) is 6.07 Å². The summed E-state index contributed by atoms with van der Waals surface area (Å²) >= 11 is 0. The minimum atomic E-state index is -0.506. The number of likely N-dealkylation sites (N-methyl/N-ethyl adjacent to an activating group) is 1. The molecule has 0 aliphatic heterocycles. The third kappa shape index (κ3) is 1.58. The first-order valence-corrected chi connectivity index (χ1v) is 4.93. The summed E-state index contributed by atoms with van der Waals surface area (Å²) in [7, 11) is 3.13. The molecule has 0 saturated heterocycles. The predicted molar refractivity (Wildman–Crippen MR) is 61.3 cm³/mol. The van der Waals surface area contributed by atoms with E-state index < -0.39 is 11.7 Å². The molecule has 1 aromatic carbocycles. The summed E-state index contributed by atoms with van der Waals surface area (Å²) in [5, 5.41) is 0.780. The van der Waals surface area contributed by atoms with Crippen molar-refractivity contribution in [2.45, 2.75) is 0 Å². The number of carbonyl (C=O) groups is 2. The van der Waals surface area contributed by atoms with Crippen molar-refractivity contribution >= 4 is 22.6 Å². The van der Waals surface area contributed by atoms with E-state index in [4.69, 9.17) is 0 Å². The van der Waals surface area contributed by atoms with Crippen LogP contribution in [0.15, 0.2) is 30.5 Å². The number of benzene rings is 1. The first-order chi connectivity index (χ1) is 7.61. The van der Waals surface area contributed by atoms with E-state index in [0.717, 1.165) is 10.9 Å². The van der Waals surface area contributed by atoms with Gasteiger partial charge in [0.15, 0.2) is 0 Å². The third-order valence-corrected chi connectivity index (χ3v) is 2.44. The molecule has 0 saturated carbocycles. The molecule has 0 unspecified atom stereocenters. The summed E-state index contributed by atoms with van der Waals surface area (Å²) in [5.41, 5.74) is 1.30. The Bertz CT molecular complexity index is 555. The first-order valence-electron chi connectivity index (χ1n) is 4.93. The van der Waals surface area contributed by atoms with Gasteiger partial charge in [-0.2, -0.15) is 0 Å². The van der Waals surface area contributed by atoms with Gasteiger partial charge >= 0.3 is 0 Å². The molecule has 1 aromatic heterocycles. The number of rotatable bonds is 2. The number of H-pyrrole nitrogens is 1. The summed E-state index contributed by atoms with van der Waals surface area (Å²) in [6.45, 7) is 0. The van der Waals surface area contributed by atoms with E-state index in [9.17, 15) is 9.59 Å². The fraction of sp³-hybridized carbons (Fsp3) is 0.167. The van der Waals surface area contributed by atoms with E-state index in [0.29, 0.717) is 5.56 Å². The number of carbonyl (C=O) groups excluding carboxylic acids is 2. The van der Waals surface area contributed by atoms with Crippen LogP contribution in [0.2, 0.25) is 0 Å². The Kier molecular flexibility index (Phi) is 2.48. The summed E-state index contributed by atoms with van der Waals surface area (Å²) in [6.07, 6.45) is 1.75. The van der Waals surface area contributed by atoms with Crippen LogP contribution in [0, 0.1) is 0 Å². The average molecular weight is 216 g/mol. The summed E-state index contributed by atoms with van der Waals surface area (Å²) in [6, 6.07) is 7.09. The molecule has 2 aromatic rings. The van der Waals surface area contributed by atoms with Gasteiger partial charge in [0.05, 0.1) is 0 Å². The van der Waals surface area contributed by atoms with Crippen molar-refractivity contribution in [3.8, 4) is 0 Å². The van der Waals surface area contributed by atoms with Gasteiger partial charge in [-0.25, -0.2) is 0 Å². The quantitative estimate of drug-likeness (QED) is 0.610. The van der Waals surface area contributed by atoms with Crippen LogP contribution in [0.25, 0.3) is 10.9 Å². The lowest BCUT2D eigenvalue weighted by molar-refractivity contribution is -0.124. The molecule has 0 aliphatic rings. The minimum Gasteiger partial charge on any atom is -0.361 e. The van der Waals surface area contributed by atoms with Crippen molar-refractivity contribution < 1.29 is 9.59 Å². The third-order valence-electron chi connectivity index (χ3n) is 2.44. The van der Waals surface area contributed by atoms with Gasteiger partial charge in [-0.1, -0.05) is 12.1 Å². The molecule has 0 spiro atoms. The molecule has 1 N–H and O–H groups in total. The molecule has 0 fully saturated rings. The van der Waals surface area contributed by atoms with E-state index in [1.54, 1.807) is 38.5 Å². The molecule has 4 nitrogen and oxygen atoms in total. The van der Waals surface area contributed by atoms with Crippen LogP contribution in [-0.2, 0) is 4.79 Å². The second-order valence-electron chi connectivity index (χ2n) is 3.77. The van der Waals surface area contributed by atoms with E-state index in [-0.39, 0.29) is 0 Å². The van der Waals surface area contributed by atoms with Crippen LogP contribution in [0.4, 0.5) is 0 Å². The lowest BCUT2D eigenvalue weighted by Crippen LogP contribution is -2.29. The van der Waals surface area contributed by atoms with Gasteiger partial charge in [-0.15, -0.1) is 0 Å². The largest absolute Gasteiger partial charge is 0.361 e. The van der Waals surface area contributed by atoms with Crippen molar-refractivity contribution in [3.05, 3.63) is 36.0 Å². The van der Waals surface area contributed by atoms with Crippen LogP contribution in [0.5, 0.6) is 0 Å². The van der Waals surface area contributed by atoms with Crippen LogP contribution in [0.1, 0.15) is 10.4 Å². The first kappa shape index (κ1) is 10.4. The Morgan fingerprint density at radius 3 is 2.62 bits per heavy atom. The number of aromatic amines is 1. The topological polar surface area (TPSA) is 53.2 Å². The van der Waals surface area contributed by atoms with Gasteiger partial charge in [0, 0.05) is 36.8 Å². The molecule has 0 radical (unpaired) electrons. The van der Waals surface area contributed by atoms with E-state index >= 15 is 0 Å². The smallest absolute Gasteiger partial charge is 0.294 e. The van der Waals surface area contributed by atoms with Gasteiger partial charge in [-0.05, 0) is 12.1 Å². The summed E-state index contributed by atoms with van der Waals surface area (Å²) in [4.78, 5) is 27.8. The SMILES string of the molecule is CN(C)C(=O)C(=O)c1cccc2[nH]ccc12. The molecule has 0 bridgehead atoms. The van der Waals surface area contributed by atoms with Crippen molar-refractivity contribution in [3.63, 3.8) is 0 Å². The average Bonchev–Trinajstić information content (AvgIpc) is 2.74. The Morgan fingerprint density at radius 2 is 1.94 bits per heavy atom. The molecule has 4 heteroatoms. The number of hydrogen-bond donors (Lipinski definition) is 1. The van der Waals surface area contributed by atoms with Gasteiger partial charge < -0.3 is 9.88 Å². The summed E-state index contributed by atoms with van der Waals surface area (Å²) in [5.74, 6) is -0.982. The second kappa shape index (κ2) is 3.81. The Labute approximate surface area is 92.9 Å². The highest BCUT2D eigenvalue weighted by Crippen LogP contribution is 2.18. The zero-order chi connectivity index (χ0) is 11.7. The number of aromatic nitrogens is 1. The highest BCUT2D eigenvalue weighted by atomic mass is 16.2. The number of amides is 1. The fourth-order valence-corrected chi connectivity index (χ4v) is 1.60. The molecule has 0 aliphatic carbocycles. The highest BCUT2D eigenvalue weighted by molar-refractivity contribution is 6.44. The maximum Gasteiger partial charge on any atom is 0.294 e. The number of nitrogens with zero attached hydrogens (tertiary/aromatic N) is 1. The zero-order valence-corrected chi connectivity index (χ0v) is 9.15. The van der Waals surface area contributed by atoms with Crippen LogP contribution in [-0.4, -0.2) is 35.7 Å². The molecule has 1 heterocycles. The van der Waals surface area contributed by atoms with Gasteiger partial charge in [0.2, 0.25) is 0 Å². The van der Waals surface area contributed by atoms with Gasteiger partial charge in [0.1, 0.15) is 0 Å². The number of nitrogens with one attached hydrogen (secondary N) is 1. The second-order valence-corrected chi connectivity index (χ2v) is 3.77. The van der Waals surface area contributed by atoms with Gasteiger partial charge in [0.25, 0.3) is 11.7 Å². The zero-order valence-electron chi connectivity index (χ0n) is 9.15. The Hall–Kier alpha value is -2.10. The highest BCUT2D eigenvalue weighted by Gasteiger charge is 2.20. The fourth-order valence-electron chi connectivity index (χ4n) is 1.60. The Balaban J connectivity index is 2.51. The van der Waals surface area contributed by atoms with Crippen molar-refractivity contribution in [1.82, 2.24) is 9.88 Å². The van der Waals surface area contributed by atoms with Crippen LogP contribution >= 0.6 is 0 Å². The normalized spacial score (nSPS) is 10.4. The molecule has 0 atom stereocenters. The number of Topliss-reactive ketones (excluding diaryl/α,β-unsaturated/α-hetero) is 1. The lowest BCUT2D eigenvalue weighted by atomic mass is 10.1. The predicted octanol–water partition coefficient (Wildman–Crippen LogP) is 1.44. The molecule has 1 amide bonds. The van der Waals surface area contributed by atoms with E-state index in [1.165, 1.54) is 4.90 Å². The number of fused-ring (bicyclic) bond motifs is 1. The molecule has 2 rings (SSSR count). The lowest BCUT2D eigenvalue weighted by Gasteiger charge is -2.09. The minimum absolute atomic E-state index is 0.442. The Morgan fingerprint density at radius 1 is 1.19 bits per heavy atom. The van der Waals surface area contributed by atoms with Crippen LogP contribution < -0.4 is 0 Å². The van der Waals surface area contributed by atoms with Crippen molar-refractivity contribution in [2.75, 3.05) is 14.1 Å². The number of ketones is 1. The standard InChI is InChI=1S/C12H12N2O2/c1-14(2)12(16)11(15)9-4-3-5-10-8(9)6-7-13-10/h3-7,13H,1-2H3.